The van der Waals surface area contributed by atoms with Crippen molar-refractivity contribution in [3.63, 3.8) is 0 Å². The second kappa shape index (κ2) is 3.67. The van der Waals surface area contributed by atoms with Gasteiger partial charge in [-0.15, -0.1) is 11.3 Å². The zero-order valence-electron chi connectivity index (χ0n) is 7.67. The highest BCUT2D eigenvalue weighted by Crippen LogP contribution is 2.28. The number of methoxy groups -OCH3 is 1. The number of fused-ring (bicyclic) bond motifs is 1. The minimum absolute atomic E-state index is 0.255. The number of ether oxygens (including phenoxy) is 1. The Morgan fingerprint density at radius 1 is 1.60 bits per heavy atom. The van der Waals surface area contributed by atoms with Gasteiger partial charge in [-0.2, -0.15) is 0 Å². The molecule has 2 aromatic heterocycles. The minimum atomic E-state index is -0.466. The Hall–Kier alpha value is -1.33. The molecule has 0 unspecified atom stereocenters. The van der Waals surface area contributed by atoms with Crippen molar-refractivity contribution in [3.8, 4) is 0 Å². The summed E-state index contributed by atoms with van der Waals surface area (Å²) in [6.45, 7) is 0. The van der Waals surface area contributed by atoms with Gasteiger partial charge in [0.15, 0.2) is 0 Å². The van der Waals surface area contributed by atoms with Crippen LogP contribution in [0.1, 0.15) is 9.67 Å². The van der Waals surface area contributed by atoms with Crippen LogP contribution < -0.4 is 5.56 Å². The largest absolute Gasteiger partial charge is 0.465 e. The SMILES string of the molecule is COC(=O)c1cc2c(Cl)c[nH]c(=O)c2s1. The highest BCUT2D eigenvalue weighted by molar-refractivity contribution is 7.20. The van der Waals surface area contributed by atoms with Crippen molar-refractivity contribution in [1.29, 1.82) is 0 Å². The number of carbonyl (C=O) groups is 1. The molecule has 0 fully saturated rings. The van der Waals surface area contributed by atoms with E-state index in [1.807, 2.05) is 0 Å². The highest BCUT2D eigenvalue weighted by Gasteiger charge is 2.13. The fourth-order valence-electron chi connectivity index (χ4n) is 1.21. The second-order valence-electron chi connectivity index (χ2n) is 2.81. The molecule has 0 saturated carbocycles. The lowest BCUT2D eigenvalue weighted by atomic mass is 10.3. The number of rotatable bonds is 1. The number of halogens is 1. The van der Waals surface area contributed by atoms with Gasteiger partial charge in [0, 0.05) is 11.6 Å². The molecule has 0 aliphatic carbocycles. The van der Waals surface area contributed by atoms with Gasteiger partial charge in [-0.3, -0.25) is 4.79 Å². The maximum atomic E-state index is 11.4. The molecule has 0 bridgehead atoms. The van der Waals surface area contributed by atoms with E-state index >= 15 is 0 Å². The summed E-state index contributed by atoms with van der Waals surface area (Å²) in [5.74, 6) is -0.466. The van der Waals surface area contributed by atoms with Crippen LogP contribution in [-0.4, -0.2) is 18.1 Å². The van der Waals surface area contributed by atoms with E-state index in [0.29, 0.717) is 20.0 Å². The molecule has 0 aliphatic heterocycles. The normalized spacial score (nSPS) is 10.5. The van der Waals surface area contributed by atoms with E-state index in [2.05, 4.69) is 9.72 Å². The Bertz CT molecular complexity index is 587. The molecule has 0 saturated heterocycles. The first-order valence-corrected chi connectivity index (χ1v) is 5.22. The summed E-state index contributed by atoms with van der Waals surface area (Å²) in [7, 11) is 1.29. The lowest BCUT2D eigenvalue weighted by molar-refractivity contribution is 0.0606. The summed E-state index contributed by atoms with van der Waals surface area (Å²) < 4.78 is 4.99. The standard InChI is InChI=1S/C9H6ClNO3S/c1-14-9(13)6-2-4-5(10)3-11-8(12)7(4)15-6/h2-3H,1H3,(H,11,12). The van der Waals surface area contributed by atoms with Gasteiger partial charge in [0.25, 0.3) is 5.56 Å². The van der Waals surface area contributed by atoms with Crippen LogP contribution in [0.5, 0.6) is 0 Å². The van der Waals surface area contributed by atoms with Gasteiger partial charge >= 0.3 is 5.97 Å². The van der Waals surface area contributed by atoms with Crippen LogP contribution in [0.4, 0.5) is 0 Å². The lowest BCUT2D eigenvalue weighted by Gasteiger charge is -1.90. The van der Waals surface area contributed by atoms with Gasteiger partial charge in [0.2, 0.25) is 0 Å². The molecule has 0 atom stereocenters. The van der Waals surface area contributed by atoms with Crippen molar-refractivity contribution in [1.82, 2.24) is 4.98 Å². The maximum Gasteiger partial charge on any atom is 0.348 e. The molecule has 4 nitrogen and oxygen atoms in total. The first kappa shape index (κ1) is 10.2. The smallest absolute Gasteiger partial charge is 0.348 e. The zero-order valence-corrected chi connectivity index (χ0v) is 9.24. The second-order valence-corrected chi connectivity index (χ2v) is 4.27. The number of aromatic nitrogens is 1. The molecule has 15 heavy (non-hydrogen) atoms. The van der Waals surface area contributed by atoms with Crippen molar-refractivity contribution in [2.45, 2.75) is 0 Å². The summed E-state index contributed by atoms with van der Waals surface area (Å²) in [6, 6.07) is 1.56. The molecular formula is C9H6ClNO3S. The number of hydrogen-bond acceptors (Lipinski definition) is 4. The summed E-state index contributed by atoms with van der Waals surface area (Å²) in [5.41, 5.74) is -0.255. The van der Waals surface area contributed by atoms with Crippen molar-refractivity contribution in [2.75, 3.05) is 7.11 Å². The summed E-state index contributed by atoms with van der Waals surface area (Å²) in [6.07, 6.45) is 1.40. The molecule has 2 aromatic rings. The Morgan fingerprint density at radius 2 is 2.33 bits per heavy atom. The van der Waals surface area contributed by atoms with Gasteiger partial charge in [0.05, 0.1) is 12.1 Å². The van der Waals surface area contributed by atoms with Gasteiger partial charge in [0.1, 0.15) is 9.58 Å². The first-order chi connectivity index (χ1) is 7.13. The molecule has 1 N–H and O–H groups in total. The van der Waals surface area contributed by atoms with Gasteiger partial charge in [-0.1, -0.05) is 11.6 Å². The number of pyridine rings is 1. The Balaban J connectivity index is 2.75. The van der Waals surface area contributed by atoms with Crippen LogP contribution >= 0.6 is 22.9 Å². The van der Waals surface area contributed by atoms with Crippen molar-refractivity contribution < 1.29 is 9.53 Å². The van der Waals surface area contributed by atoms with Crippen molar-refractivity contribution >= 4 is 39.0 Å². The molecule has 0 aromatic carbocycles. The number of hydrogen-bond donors (Lipinski definition) is 1. The molecule has 2 rings (SSSR count). The fourth-order valence-corrected chi connectivity index (χ4v) is 2.46. The van der Waals surface area contributed by atoms with Gasteiger partial charge in [-0.05, 0) is 6.07 Å². The molecule has 6 heteroatoms. The van der Waals surface area contributed by atoms with Crippen LogP contribution in [0.25, 0.3) is 10.1 Å². The average Bonchev–Trinajstić information content (AvgIpc) is 2.68. The third-order valence-corrected chi connectivity index (χ3v) is 3.34. The molecule has 2 heterocycles. The first-order valence-electron chi connectivity index (χ1n) is 4.02. The van der Waals surface area contributed by atoms with Gasteiger partial charge in [-0.25, -0.2) is 4.79 Å². The van der Waals surface area contributed by atoms with E-state index in [4.69, 9.17) is 11.6 Å². The number of thiophene rings is 1. The van der Waals surface area contributed by atoms with E-state index < -0.39 is 5.97 Å². The van der Waals surface area contributed by atoms with Crippen molar-refractivity contribution in [2.24, 2.45) is 0 Å². The fraction of sp³-hybridized carbons (Fsp3) is 0.111. The lowest BCUT2D eigenvalue weighted by Crippen LogP contribution is -2.02. The third kappa shape index (κ3) is 1.64. The molecule has 0 spiro atoms. The van der Waals surface area contributed by atoms with Gasteiger partial charge < -0.3 is 9.72 Å². The molecular weight excluding hydrogens is 238 g/mol. The zero-order chi connectivity index (χ0) is 11.0. The predicted octanol–water partition coefficient (Wildman–Crippen LogP) is 2.03. The molecule has 0 radical (unpaired) electrons. The monoisotopic (exact) mass is 243 g/mol. The van der Waals surface area contributed by atoms with Crippen LogP contribution in [0.2, 0.25) is 5.02 Å². The molecule has 78 valence electrons. The number of H-pyrrole nitrogens is 1. The van der Waals surface area contributed by atoms with E-state index in [9.17, 15) is 9.59 Å². The van der Waals surface area contributed by atoms with E-state index in [1.54, 1.807) is 6.07 Å². The van der Waals surface area contributed by atoms with E-state index in [1.165, 1.54) is 13.3 Å². The number of carbonyl (C=O) groups excluding carboxylic acids is 1. The number of aromatic amines is 1. The molecule has 0 amide bonds. The number of nitrogens with one attached hydrogen (secondary N) is 1. The molecule has 0 aliphatic rings. The van der Waals surface area contributed by atoms with Crippen molar-refractivity contribution in [3.05, 3.63) is 32.5 Å². The predicted molar refractivity (Wildman–Crippen MR) is 58.8 cm³/mol. The summed E-state index contributed by atoms with van der Waals surface area (Å²) in [5, 5.41) is 0.988. The van der Waals surface area contributed by atoms with E-state index in [0.717, 1.165) is 11.3 Å². The van der Waals surface area contributed by atoms with Crippen LogP contribution in [0.3, 0.4) is 0 Å². The van der Waals surface area contributed by atoms with Crippen LogP contribution in [0, 0.1) is 0 Å². The highest BCUT2D eigenvalue weighted by atomic mass is 35.5. The number of esters is 1. The Kier molecular flexibility index (Phi) is 2.50. The van der Waals surface area contributed by atoms with Crippen LogP contribution in [-0.2, 0) is 4.74 Å². The third-order valence-electron chi connectivity index (χ3n) is 1.91. The maximum absolute atomic E-state index is 11.4. The van der Waals surface area contributed by atoms with E-state index in [-0.39, 0.29) is 5.56 Å². The Morgan fingerprint density at radius 3 is 2.93 bits per heavy atom. The average molecular weight is 244 g/mol. The topological polar surface area (TPSA) is 59.2 Å². The minimum Gasteiger partial charge on any atom is -0.465 e. The van der Waals surface area contributed by atoms with Crippen LogP contribution in [0.15, 0.2) is 17.1 Å². The quantitative estimate of drug-likeness (QED) is 0.780. The summed E-state index contributed by atoms with van der Waals surface area (Å²) in [4.78, 5) is 25.5. The summed E-state index contributed by atoms with van der Waals surface area (Å²) >= 11 is 6.94. The Labute approximate surface area is 93.4 Å².